The Labute approximate surface area is 168 Å². The number of para-hydroxylation sites is 3. The minimum atomic E-state index is -0.518. The van der Waals surface area contributed by atoms with Crippen molar-refractivity contribution in [1.82, 2.24) is 0 Å². The maximum atomic E-state index is 12.6. The first kappa shape index (κ1) is 19.0. The summed E-state index contributed by atoms with van der Waals surface area (Å²) in [5, 5.41) is 0. The Bertz CT molecular complexity index is 958. The summed E-state index contributed by atoms with van der Waals surface area (Å²) in [5.74, 6) is -0.369. The van der Waals surface area contributed by atoms with E-state index in [9.17, 15) is 14.4 Å². The fraction of sp³-hybridized carbons (Fsp3) is 0.318. The number of anilines is 2. The molecule has 29 heavy (non-hydrogen) atoms. The maximum absolute atomic E-state index is 12.6. The fourth-order valence-electron chi connectivity index (χ4n) is 3.83. The third-order valence-electron chi connectivity index (χ3n) is 5.18. The van der Waals surface area contributed by atoms with E-state index in [1.165, 1.54) is 4.90 Å². The average molecular weight is 394 g/mol. The number of fused-ring (bicyclic) bond motifs is 2. The van der Waals surface area contributed by atoms with Gasteiger partial charge in [0.15, 0.2) is 13.2 Å². The van der Waals surface area contributed by atoms with Crippen LogP contribution in [0.2, 0.25) is 0 Å². The van der Waals surface area contributed by atoms with Gasteiger partial charge in [-0.05, 0) is 37.1 Å². The molecule has 2 aromatic carbocycles. The summed E-state index contributed by atoms with van der Waals surface area (Å²) in [6.45, 7) is 1.78. The highest BCUT2D eigenvalue weighted by molar-refractivity contribution is 5.99. The van der Waals surface area contributed by atoms with Gasteiger partial charge in [-0.3, -0.25) is 14.4 Å². The van der Waals surface area contributed by atoms with Crippen LogP contribution < -0.4 is 14.5 Å². The SMILES string of the molecule is C[C@@H]1Cc2ccccc2N1C(=O)COC(=O)CCN1C(=O)COc2ccccc21. The second-order valence-electron chi connectivity index (χ2n) is 7.16. The van der Waals surface area contributed by atoms with Crippen LogP contribution in [0.25, 0.3) is 0 Å². The molecule has 2 aliphatic rings. The van der Waals surface area contributed by atoms with Crippen LogP contribution in [0.3, 0.4) is 0 Å². The Hall–Kier alpha value is -3.35. The second kappa shape index (κ2) is 7.95. The van der Waals surface area contributed by atoms with E-state index in [1.54, 1.807) is 23.1 Å². The minimum Gasteiger partial charge on any atom is -0.482 e. The zero-order valence-corrected chi connectivity index (χ0v) is 16.2. The van der Waals surface area contributed by atoms with Gasteiger partial charge in [-0.2, -0.15) is 0 Å². The van der Waals surface area contributed by atoms with Crippen molar-refractivity contribution < 1.29 is 23.9 Å². The number of rotatable bonds is 5. The lowest BCUT2D eigenvalue weighted by molar-refractivity contribution is -0.147. The highest BCUT2D eigenvalue weighted by Gasteiger charge is 2.31. The first-order valence-electron chi connectivity index (χ1n) is 9.62. The van der Waals surface area contributed by atoms with Gasteiger partial charge in [0.1, 0.15) is 5.75 Å². The van der Waals surface area contributed by atoms with E-state index in [1.807, 2.05) is 37.3 Å². The lowest BCUT2D eigenvalue weighted by Crippen LogP contribution is -2.41. The normalized spacial score (nSPS) is 17.4. The first-order chi connectivity index (χ1) is 14.0. The van der Waals surface area contributed by atoms with Gasteiger partial charge in [0.2, 0.25) is 0 Å². The maximum Gasteiger partial charge on any atom is 0.308 e. The molecule has 1 atom stereocenters. The predicted octanol–water partition coefficient (Wildman–Crippen LogP) is 2.32. The fourth-order valence-corrected chi connectivity index (χ4v) is 3.83. The largest absolute Gasteiger partial charge is 0.482 e. The van der Waals surface area contributed by atoms with Crippen molar-refractivity contribution in [3.05, 3.63) is 54.1 Å². The van der Waals surface area contributed by atoms with Crippen molar-refractivity contribution in [2.45, 2.75) is 25.8 Å². The summed E-state index contributed by atoms with van der Waals surface area (Å²) in [5.41, 5.74) is 2.62. The standard InChI is InChI=1S/C22H22N2O5/c1-15-12-16-6-2-3-7-17(16)24(15)21(26)14-29-22(27)10-11-23-18-8-4-5-9-19(18)28-13-20(23)25/h2-9,15H,10-14H2,1H3/t15-/m1/s1. The lowest BCUT2D eigenvalue weighted by atomic mass is 10.1. The number of hydrogen-bond donors (Lipinski definition) is 0. The Kier molecular flexibility index (Phi) is 5.20. The number of carbonyl (C=O) groups excluding carboxylic acids is 3. The molecule has 7 nitrogen and oxygen atoms in total. The monoisotopic (exact) mass is 394 g/mol. The number of amides is 2. The topological polar surface area (TPSA) is 76.2 Å². The highest BCUT2D eigenvalue weighted by Crippen LogP contribution is 2.32. The summed E-state index contributed by atoms with van der Waals surface area (Å²) in [7, 11) is 0. The Balaban J connectivity index is 1.32. The average Bonchev–Trinajstić information content (AvgIpc) is 3.07. The first-order valence-corrected chi connectivity index (χ1v) is 9.62. The highest BCUT2D eigenvalue weighted by atomic mass is 16.5. The third kappa shape index (κ3) is 3.81. The lowest BCUT2D eigenvalue weighted by Gasteiger charge is -2.29. The van der Waals surface area contributed by atoms with Crippen LogP contribution in [-0.2, 0) is 25.5 Å². The molecule has 2 amide bonds. The van der Waals surface area contributed by atoms with Gasteiger partial charge in [0, 0.05) is 18.3 Å². The molecule has 2 aromatic rings. The molecule has 2 aliphatic heterocycles. The molecular weight excluding hydrogens is 372 g/mol. The number of hydrogen-bond acceptors (Lipinski definition) is 5. The summed E-state index contributed by atoms with van der Waals surface area (Å²) >= 11 is 0. The van der Waals surface area contributed by atoms with E-state index in [4.69, 9.17) is 9.47 Å². The number of nitrogens with zero attached hydrogens (tertiary/aromatic N) is 2. The van der Waals surface area contributed by atoms with Crippen LogP contribution >= 0.6 is 0 Å². The molecule has 7 heteroatoms. The summed E-state index contributed by atoms with van der Waals surface area (Å²) in [4.78, 5) is 40.2. The van der Waals surface area contributed by atoms with Crippen molar-refractivity contribution in [2.75, 3.05) is 29.6 Å². The molecule has 0 saturated heterocycles. The van der Waals surface area contributed by atoms with Crippen molar-refractivity contribution >= 4 is 29.2 Å². The van der Waals surface area contributed by atoms with Gasteiger partial charge in [0.25, 0.3) is 11.8 Å². The Morgan fingerprint density at radius 3 is 2.66 bits per heavy atom. The van der Waals surface area contributed by atoms with Gasteiger partial charge in [-0.1, -0.05) is 30.3 Å². The number of ether oxygens (including phenoxy) is 2. The smallest absolute Gasteiger partial charge is 0.308 e. The van der Waals surface area contributed by atoms with E-state index >= 15 is 0 Å². The van der Waals surface area contributed by atoms with E-state index in [0.717, 1.165) is 17.7 Å². The van der Waals surface area contributed by atoms with Crippen molar-refractivity contribution in [1.29, 1.82) is 0 Å². The Morgan fingerprint density at radius 2 is 1.83 bits per heavy atom. The van der Waals surface area contributed by atoms with Gasteiger partial charge >= 0.3 is 5.97 Å². The van der Waals surface area contributed by atoms with Crippen LogP contribution in [0.5, 0.6) is 5.75 Å². The molecule has 0 N–H and O–H groups in total. The molecule has 0 radical (unpaired) electrons. The zero-order chi connectivity index (χ0) is 20.4. The summed E-state index contributed by atoms with van der Waals surface area (Å²) in [6.07, 6.45) is 0.786. The van der Waals surface area contributed by atoms with Gasteiger partial charge in [0.05, 0.1) is 12.1 Å². The molecule has 4 rings (SSSR count). The van der Waals surface area contributed by atoms with Gasteiger partial charge in [-0.25, -0.2) is 0 Å². The van der Waals surface area contributed by atoms with E-state index in [2.05, 4.69) is 0 Å². The van der Waals surface area contributed by atoms with Crippen LogP contribution in [0.4, 0.5) is 11.4 Å². The van der Waals surface area contributed by atoms with Crippen LogP contribution in [0, 0.1) is 0 Å². The number of carbonyl (C=O) groups is 3. The number of esters is 1. The second-order valence-corrected chi connectivity index (χ2v) is 7.16. The van der Waals surface area contributed by atoms with Crippen LogP contribution in [0.15, 0.2) is 48.5 Å². The minimum absolute atomic E-state index is 0.000501. The van der Waals surface area contributed by atoms with E-state index < -0.39 is 5.97 Å². The predicted molar refractivity (Wildman–Crippen MR) is 107 cm³/mol. The quantitative estimate of drug-likeness (QED) is 0.728. The van der Waals surface area contributed by atoms with E-state index in [0.29, 0.717) is 11.4 Å². The molecule has 150 valence electrons. The molecule has 2 heterocycles. The zero-order valence-electron chi connectivity index (χ0n) is 16.2. The molecule has 0 saturated carbocycles. The van der Waals surface area contributed by atoms with Crippen LogP contribution in [-0.4, -0.2) is 43.6 Å². The molecular formula is C22H22N2O5. The molecule has 0 aliphatic carbocycles. The van der Waals surface area contributed by atoms with Crippen LogP contribution in [0.1, 0.15) is 18.9 Å². The summed E-state index contributed by atoms with van der Waals surface area (Å²) in [6, 6.07) is 15.0. The molecule has 0 spiro atoms. The van der Waals surface area contributed by atoms with E-state index in [-0.39, 0.29) is 44.0 Å². The third-order valence-corrected chi connectivity index (χ3v) is 5.18. The van der Waals surface area contributed by atoms with Gasteiger partial charge in [-0.15, -0.1) is 0 Å². The molecule has 0 aromatic heterocycles. The van der Waals surface area contributed by atoms with Crippen molar-refractivity contribution in [3.8, 4) is 5.75 Å². The van der Waals surface area contributed by atoms with Crippen molar-refractivity contribution in [2.24, 2.45) is 0 Å². The van der Waals surface area contributed by atoms with Gasteiger partial charge < -0.3 is 19.3 Å². The Morgan fingerprint density at radius 1 is 1.10 bits per heavy atom. The summed E-state index contributed by atoms with van der Waals surface area (Å²) < 4.78 is 10.6. The molecule has 0 unspecified atom stereocenters. The number of benzene rings is 2. The molecule has 0 bridgehead atoms. The molecule has 0 fully saturated rings. The van der Waals surface area contributed by atoms with Crippen molar-refractivity contribution in [3.63, 3.8) is 0 Å².